The van der Waals surface area contributed by atoms with E-state index in [0.717, 1.165) is 15.6 Å². The Morgan fingerprint density at radius 3 is 2.46 bits per heavy atom. The maximum absolute atomic E-state index is 11.9. The van der Waals surface area contributed by atoms with Crippen molar-refractivity contribution in [3.05, 3.63) is 104 Å². The minimum absolute atomic E-state index is 0.0298. The van der Waals surface area contributed by atoms with Gasteiger partial charge in [0.05, 0.1) is 5.71 Å². The minimum atomic E-state index is -0.0631. The third kappa shape index (κ3) is 4.42. The second-order valence-corrected chi connectivity index (χ2v) is 7.67. The monoisotopic (exact) mass is 438 g/mol. The minimum Gasteiger partial charge on any atom is -0.411 e. The summed E-state index contributed by atoms with van der Waals surface area (Å²) in [6.45, 7) is 4.58. The molecule has 1 aromatic heterocycles. The summed E-state index contributed by atoms with van der Waals surface area (Å²) in [4.78, 5) is 11.9. The first kappa shape index (κ1) is 20.1. The molecular weight excluding hydrogens is 416 g/mol. The van der Waals surface area contributed by atoms with Gasteiger partial charge in [0.25, 0.3) is 5.56 Å². The fourth-order valence-corrected chi connectivity index (χ4v) is 3.70. The second kappa shape index (κ2) is 9.02. The zero-order chi connectivity index (χ0) is 20.1. The third-order valence-electron chi connectivity index (χ3n) is 5.01. The van der Waals surface area contributed by atoms with Crippen molar-refractivity contribution in [2.24, 2.45) is 5.16 Å². The Morgan fingerprint density at radius 2 is 1.82 bits per heavy atom. The molecule has 4 nitrogen and oxygen atoms in total. The van der Waals surface area contributed by atoms with E-state index < -0.39 is 0 Å². The van der Waals surface area contributed by atoms with Crippen molar-refractivity contribution in [3.63, 3.8) is 0 Å². The number of hydrogen-bond donors (Lipinski definition) is 1. The molecule has 1 N–H and O–H groups in total. The first-order valence-corrected chi connectivity index (χ1v) is 10.1. The lowest BCUT2D eigenvalue weighted by Crippen LogP contribution is -2.20. The largest absolute Gasteiger partial charge is 0.411 e. The molecule has 3 rings (SSSR count). The first-order chi connectivity index (χ1) is 13.5. The lowest BCUT2D eigenvalue weighted by atomic mass is 9.83. The Hall–Kier alpha value is -2.66. The van der Waals surface area contributed by atoms with Crippen molar-refractivity contribution in [1.29, 1.82) is 0 Å². The van der Waals surface area contributed by atoms with Gasteiger partial charge in [0.2, 0.25) is 0 Å². The van der Waals surface area contributed by atoms with Crippen LogP contribution >= 0.6 is 15.9 Å². The summed E-state index contributed by atoms with van der Waals surface area (Å²) in [5, 5.41) is 13.4. The summed E-state index contributed by atoms with van der Waals surface area (Å²) in [7, 11) is 0. The molecule has 0 aliphatic rings. The molecule has 144 valence electrons. The zero-order valence-electron chi connectivity index (χ0n) is 16.0. The third-order valence-corrected chi connectivity index (χ3v) is 5.54. The SMILES string of the molecule is CCn1cc(C(CC(c2ccc(Br)cc2)c2ccccc2C)=NO)ccc1=O. The van der Waals surface area contributed by atoms with Gasteiger partial charge in [0.1, 0.15) is 0 Å². The van der Waals surface area contributed by atoms with Crippen LogP contribution in [0.5, 0.6) is 0 Å². The van der Waals surface area contributed by atoms with Gasteiger partial charge < -0.3 is 9.77 Å². The molecule has 3 aromatic rings. The van der Waals surface area contributed by atoms with E-state index in [0.29, 0.717) is 18.7 Å². The van der Waals surface area contributed by atoms with Gasteiger partial charge in [0, 0.05) is 41.2 Å². The molecule has 0 aliphatic carbocycles. The Morgan fingerprint density at radius 1 is 1.11 bits per heavy atom. The maximum atomic E-state index is 11.9. The van der Waals surface area contributed by atoms with E-state index in [2.05, 4.69) is 52.3 Å². The van der Waals surface area contributed by atoms with E-state index in [4.69, 9.17) is 0 Å². The highest BCUT2D eigenvalue weighted by Gasteiger charge is 2.20. The number of hydrogen-bond acceptors (Lipinski definition) is 3. The predicted octanol–water partition coefficient (Wildman–Crippen LogP) is 5.34. The van der Waals surface area contributed by atoms with Crippen LogP contribution in [0, 0.1) is 6.92 Å². The highest BCUT2D eigenvalue weighted by molar-refractivity contribution is 9.10. The lowest BCUT2D eigenvalue weighted by molar-refractivity contribution is 0.317. The molecule has 2 aromatic carbocycles. The number of aromatic nitrogens is 1. The van der Waals surface area contributed by atoms with Gasteiger partial charge in [-0.15, -0.1) is 0 Å². The molecule has 1 unspecified atom stereocenters. The van der Waals surface area contributed by atoms with Crippen LogP contribution < -0.4 is 5.56 Å². The highest BCUT2D eigenvalue weighted by atomic mass is 79.9. The van der Waals surface area contributed by atoms with Crippen molar-refractivity contribution >= 4 is 21.6 Å². The smallest absolute Gasteiger partial charge is 0.250 e. The molecule has 0 fully saturated rings. The van der Waals surface area contributed by atoms with Gasteiger partial charge in [-0.05, 0) is 48.7 Å². The van der Waals surface area contributed by atoms with Crippen molar-refractivity contribution in [3.8, 4) is 0 Å². The van der Waals surface area contributed by atoms with E-state index in [1.807, 2.05) is 31.2 Å². The van der Waals surface area contributed by atoms with Gasteiger partial charge in [-0.2, -0.15) is 0 Å². The number of benzene rings is 2. The average molecular weight is 439 g/mol. The van der Waals surface area contributed by atoms with Gasteiger partial charge in [-0.3, -0.25) is 4.79 Å². The fourth-order valence-electron chi connectivity index (χ4n) is 3.44. The molecule has 5 heteroatoms. The normalized spacial score (nSPS) is 12.8. The van der Waals surface area contributed by atoms with Crippen molar-refractivity contribution < 1.29 is 5.21 Å². The van der Waals surface area contributed by atoms with Crippen LogP contribution in [0.2, 0.25) is 0 Å². The molecule has 0 saturated carbocycles. The summed E-state index contributed by atoms with van der Waals surface area (Å²) in [5.74, 6) is 0.0298. The van der Waals surface area contributed by atoms with Crippen LogP contribution in [0.1, 0.15) is 41.5 Å². The molecule has 28 heavy (non-hydrogen) atoms. The molecule has 0 bridgehead atoms. The molecule has 0 aliphatic heterocycles. The number of aryl methyl sites for hydroxylation is 2. The number of oxime groups is 1. The molecule has 1 heterocycles. The zero-order valence-corrected chi connectivity index (χ0v) is 17.6. The Kier molecular flexibility index (Phi) is 6.47. The van der Waals surface area contributed by atoms with Crippen LogP contribution in [-0.2, 0) is 6.54 Å². The number of rotatable bonds is 6. The van der Waals surface area contributed by atoms with Crippen LogP contribution in [0.3, 0.4) is 0 Å². The Balaban J connectivity index is 2.04. The van der Waals surface area contributed by atoms with E-state index in [-0.39, 0.29) is 11.5 Å². The van der Waals surface area contributed by atoms with Crippen molar-refractivity contribution in [2.75, 3.05) is 0 Å². The molecule has 1 atom stereocenters. The number of pyridine rings is 1. The quantitative estimate of drug-likeness (QED) is 0.320. The number of halogens is 1. The van der Waals surface area contributed by atoms with E-state index in [1.54, 1.807) is 16.8 Å². The van der Waals surface area contributed by atoms with E-state index in [1.165, 1.54) is 17.2 Å². The molecule has 0 radical (unpaired) electrons. The average Bonchev–Trinajstić information content (AvgIpc) is 2.71. The molecule has 0 amide bonds. The first-order valence-electron chi connectivity index (χ1n) is 9.26. The lowest BCUT2D eigenvalue weighted by Gasteiger charge is -2.21. The van der Waals surface area contributed by atoms with Gasteiger partial charge in [0.15, 0.2) is 0 Å². The van der Waals surface area contributed by atoms with Gasteiger partial charge >= 0.3 is 0 Å². The molecule has 0 spiro atoms. The fraction of sp³-hybridized carbons (Fsp3) is 0.217. The van der Waals surface area contributed by atoms with Gasteiger partial charge in [-0.1, -0.05) is 57.5 Å². The predicted molar refractivity (Wildman–Crippen MR) is 116 cm³/mol. The summed E-state index contributed by atoms with van der Waals surface area (Å²) in [6.07, 6.45) is 2.28. The van der Waals surface area contributed by atoms with Crippen LogP contribution in [0.25, 0.3) is 0 Å². The summed E-state index contributed by atoms with van der Waals surface area (Å²) in [6, 6.07) is 19.7. The van der Waals surface area contributed by atoms with Crippen LogP contribution in [0.15, 0.2) is 81.3 Å². The summed E-state index contributed by atoms with van der Waals surface area (Å²) < 4.78 is 2.63. The topological polar surface area (TPSA) is 54.6 Å². The maximum Gasteiger partial charge on any atom is 0.250 e. The standard InChI is InChI=1S/C23H23BrN2O2/c1-3-26-15-18(10-13-23(26)27)22(25-28)14-21(17-8-11-19(24)12-9-17)20-7-5-4-6-16(20)2/h4-13,15,21,28H,3,14H2,1-2H3. The van der Waals surface area contributed by atoms with E-state index >= 15 is 0 Å². The van der Waals surface area contributed by atoms with E-state index in [9.17, 15) is 10.0 Å². The van der Waals surface area contributed by atoms with Crippen molar-refractivity contribution in [1.82, 2.24) is 4.57 Å². The van der Waals surface area contributed by atoms with Crippen molar-refractivity contribution in [2.45, 2.75) is 32.7 Å². The summed E-state index contributed by atoms with van der Waals surface area (Å²) in [5.41, 5.74) is 4.76. The van der Waals surface area contributed by atoms with Crippen LogP contribution in [0.4, 0.5) is 0 Å². The van der Waals surface area contributed by atoms with Crippen LogP contribution in [-0.4, -0.2) is 15.5 Å². The second-order valence-electron chi connectivity index (χ2n) is 6.75. The summed E-state index contributed by atoms with van der Waals surface area (Å²) >= 11 is 3.49. The Labute approximate surface area is 173 Å². The number of nitrogens with zero attached hydrogens (tertiary/aromatic N) is 2. The highest BCUT2D eigenvalue weighted by Crippen LogP contribution is 2.32. The molecule has 0 saturated heterocycles. The molecular formula is C23H23BrN2O2. The Bertz CT molecular complexity index is 1040. The van der Waals surface area contributed by atoms with Gasteiger partial charge in [-0.25, -0.2) is 0 Å².